The van der Waals surface area contributed by atoms with Crippen LogP contribution in [0.4, 0.5) is 0 Å². The average molecular weight is 350 g/mol. The van der Waals surface area contributed by atoms with Gasteiger partial charge in [-0.05, 0) is 38.7 Å². The molecule has 1 fully saturated rings. The van der Waals surface area contributed by atoms with Crippen LogP contribution in [-0.4, -0.2) is 48.6 Å². The van der Waals surface area contributed by atoms with Crippen LogP contribution in [0.3, 0.4) is 0 Å². The van der Waals surface area contributed by atoms with E-state index >= 15 is 0 Å². The smallest absolute Gasteiger partial charge is 0.257 e. The van der Waals surface area contributed by atoms with E-state index in [-0.39, 0.29) is 30.4 Å². The Morgan fingerprint density at radius 2 is 2.12 bits per heavy atom. The van der Waals surface area contributed by atoms with Crippen LogP contribution in [0.2, 0.25) is 0 Å². The highest BCUT2D eigenvalue weighted by Crippen LogP contribution is 2.17. The molecule has 0 radical (unpaired) electrons. The molecular weight excluding hydrogens is 320 g/mol. The first kappa shape index (κ1) is 19.5. The molecule has 0 saturated carbocycles. The van der Waals surface area contributed by atoms with Gasteiger partial charge in [0.25, 0.3) is 5.91 Å². The first-order valence-corrected chi connectivity index (χ1v) is 9.12. The lowest BCUT2D eigenvalue weighted by Gasteiger charge is -2.26. The van der Waals surface area contributed by atoms with Crippen molar-refractivity contribution in [1.29, 1.82) is 0 Å². The number of nitrogens with one attached hydrogen (secondary N) is 1. The number of furan rings is 1. The second-order valence-electron chi connectivity index (χ2n) is 7.13. The molecule has 6 nitrogen and oxygen atoms in total. The van der Waals surface area contributed by atoms with Crippen molar-refractivity contribution in [2.75, 3.05) is 19.7 Å². The summed E-state index contributed by atoms with van der Waals surface area (Å²) in [5.74, 6) is 0.837. The summed E-state index contributed by atoms with van der Waals surface area (Å²) in [5, 5.41) is 2.99. The van der Waals surface area contributed by atoms with Crippen molar-refractivity contribution < 1.29 is 18.7 Å². The third kappa shape index (κ3) is 5.59. The van der Waals surface area contributed by atoms with Crippen LogP contribution in [0.1, 0.15) is 56.2 Å². The number of rotatable bonds is 8. The minimum Gasteiger partial charge on any atom is -0.469 e. The summed E-state index contributed by atoms with van der Waals surface area (Å²) in [7, 11) is 0. The monoisotopic (exact) mass is 350 g/mol. The Hall–Kier alpha value is -1.82. The summed E-state index contributed by atoms with van der Waals surface area (Å²) in [6.45, 7) is 9.53. The van der Waals surface area contributed by atoms with Crippen LogP contribution in [0, 0.1) is 12.8 Å². The number of hydrogen-bond acceptors (Lipinski definition) is 4. The second kappa shape index (κ2) is 9.04. The molecule has 0 aromatic carbocycles. The summed E-state index contributed by atoms with van der Waals surface area (Å²) in [4.78, 5) is 26.7. The van der Waals surface area contributed by atoms with Gasteiger partial charge in [0.15, 0.2) is 0 Å². The van der Waals surface area contributed by atoms with Crippen molar-refractivity contribution in [3.05, 3.63) is 23.7 Å². The summed E-state index contributed by atoms with van der Waals surface area (Å²) in [5.41, 5.74) is 0.550. The van der Waals surface area contributed by atoms with Gasteiger partial charge >= 0.3 is 0 Å². The number of ether oxygens (including phenoxy) is 1. The zero-order chi connectivity index (χ0) is 18.4. The van der Waals surface area contributed by atoms with Gasteiger partial charge in [-0.25, -0.2) is 0 Å². The molecule has 0 bridgehead atoms. The van der Waals surface area contributed by atoms with Gasteiger partial charge in [0.2, 0.25) is 5.91 Å². The van der Waals surface area contributed by atoms with E-state index in [0.717, 1.165) is 19.4 Å². The van der Waals surface area contributed by atoms with Crippen molar-refractivity contribution in [3.63, 3.8) is 0 Å². The number of carbonyl (C=O) groups excluding carboxylic acids is 2. The van der Waals surface area contributed by atoms with E-state index < -0.39 is 0 Å². The fraction of sp³-hybridized carbons (Fsp3) is 0.684. The van der Waals surface area contributed by atoms with Gasteiger partial charge in [0.05, 0.1) is 17.9 Å². The van der Waals surface area contributed by atoms with E-state index in [9.17, 15) is 9.59 Å². The summed E-state index contributed by atoms with van der Waals surface area (Å²) < 4.78 is 10.9. The molecule has 2 atom stereocenters. The predicted octanol–water partition coefficient (Wildman–Crippen LogP) is 2.76. The van der Waals surface area contributed by atoms with Crippen LogP contribution in [-0.2, 0) is 9.53 Å². The molecule has 1 aromatic rings. The highest BCUT2D eigenvalue weighted by atomic mass is 16.5. The van der Waals surface area contributed by atoms with Crippen molar-refractivity contribution in [2.24, 2.45) is 5.92 Å². The fourth-order valence-corrected chi connectivity index (χ4v) is 2.82. The number of nitrogens with zero attached hydrogens (tertiary/aromatic N) is 1. The van der Waals surface area contributed by atoms with Crippen molar-refractivity contribution in [2.45, 2.75) is 59.1 Å². The summed E-state index contributed by atoms with van der Waals surface area (Å²) in [6.07, 6.45) is 3.82. The first-order chi connectivity index (χ1) is 11.9. The van der Waals surface area contributed by atoms with E-state index in [1.54, 1.807) is 17.9 Å². The molecule has 6 heteroatoms. The molecule has 0 aliphatic carbocycles. The van der Waals surface area contributed by atoms with Gasteiger partial charge in [-0.3, -0.25) is 9.59 Å². The molecule has 2 amide bonds. The summed E-state index contributed by atoms with van der Waals surface area (Å²) >= 11 is 0. The molecule has 1 N–H and O–H groups in total. The Morgan fingerprint density at radius 1 is 1.36 bits per heavy atom. The maximum atomic E-state index is 12.8. The van der Waals surface area contributed by atoms with Gasteiger partial charge in [0.1, 0.15) is 5.76 Å². The maximum absolute atomic E-state index is 12.8. The lowest BCUT2D eigenvalue weighted by Crippen LogP contribution is -2.42. The molecule has 140 valence electrons. The molecule has 1 saturated heterocycles. The van der Waals surface area contributed by atoms with Gasteiger partial charge in [-0.2, -0.15) is 0 Å². The Kier molecular flexibility index (Phi) is 7.05. The minimum absolute atomic E-state index is 0.0322. The number of aryl methyl sites for hydroxylation is 1. The second-order valence-corrected chi connectivity index (χ2v) is 7.13. The SMILES string of the molecule is Cc1occc1C(=O)N(CCC(=O)N[C@H](C)C(C)C)C[C@@H]1CCCO1. The maximum Gasteiger partial charge on any atom is 0.257 e. The molecule has 25 heavy (non-hydrogen) atoms. The van der Waals surface area contributed by atoms with Gasteiger partial charge in [-0.15, -0.1) is 0 Å². The average Bonchev–Trinajstić information content (AvgIpc) is 3.22. The molecule has 0 unspecified atom stereocenters. The van der Waals surface area contributed by atoms with Crippen LogP contribution in [0.15, 0.2) is 16.7 Å². The Bertz CT molecular complexity index is 576. The molecule has 1 aromatic heterocycles. The molecule has 2 heterocycles. The molecule has 1 aliphatic heterocycles. The molecular formula is C19H30N2O4. The standard InChI is InChI=1S/C19H30N2O4/c1-13(2)14(3)20-18(22)7-9-21(12-16-6-5-10-25-16)19(23)17-8-11-24-15(17)4/h8,11,13-14,16H,5-7,9-10,12H2,1-4H3,(H,20,22)/t14-,16+/m1/s1. The first-order valence-electron chi connectivity index (χ1n) is 9.12. The highest BCUT2D eigenvalue weighted by molar-refractivity contribution is 5.95. The zero-order valence-electron chi connectivity index (χ0n) is 15.7. The Balaban J connectivity index is 1.97. The van der Waals surface area contributed by atoms with Crippen LogP contribution < -0.4 is 5.32 Å². The van der Waals surface area contributed by atoms with E-state index in [4.69, 9.17) is 9.15 Å². The van der Waals surface area contributed by atoms with Crippen LogP contribution >= 0.6 is 0 Å². The largest absolute Gasteiger partial charge is 0.469 e. The summed E-state index contributed by atoms with van der Waals surface area (Å²) in [6, 6.07) is 1.80. The van der Waals surface area contributed by atoms with Gasteiger partial charge in [0, 0.05) is 32.2 Å². The third-order valence-electron chi connectivity index (χ3n) is 4.82. The van der Waals surface area contributed by atoms with Gasteiger partial charge < -0.3 is 19.4 Å². The highest BCUT2D eigenvalue weighted by Gasteiger charge is 2.25. The molecule has 2 rings (SSSR count). The minimum atomic E-state index is -0.105. The fourth-order valence-electron chi connectivity index (χ4n) is 2.82. The van der Waals surface area contributed by atoms with Crippen LogP contribution in [0.5, 0.6) is 0 Å². The third-order valence-corrected chi connectivity index (χ3v) is 4.82. The number of amides is 2. The quantitative estimate of drug-likeness (QED) is 0.782. The van der Waals surface area contributed by atoms with E-state index in [2.05, 4.69) is 19.2 Å². The van der Waals surface area contributed by atoms with E-state index in [1.165, 1.54) is 6.26 Å². The van der Waals surface area contributed by atoms with Gasteiger partial charge in [-0.1, -0.05) is 13.8 Å². The molecule has 1 aliphatic rings. The predicted molar refractivity (Wildman–Crippen MR) is 95.4 cm³/mol. The van der Waals surface area contributed by atoms with E-state index in [0.29, 0.717) is 30.3 Å². The molecule has 0 spiro atoms. The lowest BCUT2D eigenvalue weighted by molar-refractivity contribution is -0.122. The van der Waals surface area contributed by atoms with Crippen molar-refractivity contribution in [1.82, 2.24) is 10.2 Å². The number of hydrogen-bond donors (Lipinski definition) is 1. The lowest BCUT2D eigenvalue weighted by atomic mass is 10.1. The number of carbonyl (C=O) groups is 2. The van der Waals surface area contributed by atoms with Crippen molar-refractivity contribution >= 4 is 11.8 Å². The Morgan fingerprint density at radius 3 is 2.68 bits per heavy atom. The zero-order valence-corrected chi connectivity index (χ0v) is 15.7. The van der Waals surface area contributed by atoms with Crippen molar-refractivity contribution in [3.8, 4) is 0 Å². The van der Waals surface area contributed by atoms with E-state index in [1.807, 2.05) is 6.92 Å². The normalized spacial score (nSPS) is 18.4. The topological polar surface area (TPSA) is 71.8 Å². The van der Waals surface area contributed by atoms with Crippen LogP contribution in [0.25, 0.3) is 0 Å². The Labute approximate surface area is 149 Å².